The Morgan fingerprint density at radius 3 is 2.61 bits per heavy atom. The highest BCUT2D eigenvalue weighted by molar-refractivity contribution is 5.33. The molecule has 0 N–H and O–H groups in total. The standard InChI is InChI=1S/C15H19NO2/c17-13-16-11-15(8-4-5-9-15)12-18-10-14-6-2-1-3-7-14/h1-3,6-7H,4-5,8-12H2. The molecule has 0 radical (unpaired) electrons. The number of isocyanates is 1. The van der Waals surface area contributed by atoms with E-state index in [0.29, 0.717) is 19.8 Å². The molecule has 1 saturated carbocycles. The third-order valence-electron chi connectivity index (χ3n) is 3.66. The van der Waals surface area contributed by atoms with Gasteiger partial charge in [-0.1, -0.05) is 43.2 Å². The van der Waals surface area contributed by atoms with Crippen molar-refractivity contribution in [3.8, 4) is 0 Å². The van der Waals surface area contributed by atoms with Crippen LogP contribution in [0.1, 0.15) is 31.2 Å². The second-order valence-electron chi connectivity index (χ2n) is 5.09. The average Bonchev–Trinajstić information content (AvgIpc) is 2.87. The van der Waals surface area contributed by atoms with E-state index in [1.807, 2.05) is 18.2 Å². The Kier molecular flexibility index (Phi) is 4.68. The minimum atomic E-state index is 0.0756. The van der Waals surface area contributed by atoms with Crippen LogP contribution in [0.5, 0.6) is 0 Å². The average molecular weight is 245 g/mol. The van der Waals surface area contributed by atoms with E-state index in [4.69, 9.17) is 4.74 Å². The van der Waals surface area contributed by atoms with Crippen LogP contribution < -0.4 is 0 Å². The first-order chi connectivity index (χ1) is 8.85. The number of nitrogens with zero attached hydrogens (tertiary/aromatic N) is 1. The number of hydrogen-bond donors (Lipinski definition) is 0. The molecule has 1 aliphatic rings. The molecule has 1 aromatic rings. The van der Waals surface area contributed by atoms with E-state index >= 15 is 0 Å². The molecule has 0 unspecified atom stereocenters. The van der Waals surface area contributed by atoms with Gasteiger partial charge < -0.3 is 4.74 Å². The van der Waals surface area contributed by atoms with Gasteiger partial charge in [0.25, 0.3) is 0 Å². The summed E-state index contributed by atoms with van der Waals surface area (Å²) >= 11 is 0. The Morgan fingerprint density at radius 1 is 1.22 bits per heavy atom. The maximum Gasteiger partial charge on any atom is 0.234 e. The molecule has 0 bridgehead atoms. The van der Waals surface area contributed by atoms with Crippen LogP contribution in [0.3, 0.4) is 0 Å². The van der Waals surface area contributed by atoms with Crippen LogP contribution in [0.15, 0.2) is 35.3 Å². The van der Waals surface area contributed by atoms with Crippen molar-refractivity contribution in [1.29, 1.82) is 0 Å². The number of ether oxygens (including phenoxy) is 1. The Morgan fingerprint density at radius 2 is 1.94 bits per heavy atom. The van der Waals surface area contributed by atoms with Crippen LogP contribution >= 0.6 is 0 Å². The summed E-state index contributed by atoms with van der Waals surface area (Å²) in [5.41, 5.74) is 1.26. The normalized spacial score (nSPS) is 17.3. The Hall–Kier alpha value is -1.44. The lowest BCUT2D eigenvalue weighted by atomic mass is 9.87. The van der Waals surface area contributed by atoms with Gasteiger partial charge in [-0.05, 0) is 18.4 Å². The molecule has 1 aliphatic carbocycles. The zero-order valence-corrected chi connectivity index (χ0v) is 10.6. The Labute approximate surface area is 108 Å². The van der Waals surface area contributed by atoms with Crippen molar-refractivity contribution in [2.75, 3.05) is 13.2 Å². The van der Waals surface area contributed by atoms with Crippen LogP contribution in [-0.4, -0.2) is 19.2 Å². The van der Waals surface area contributed by atoms with Crippen molar-refractivity contribution < 1.29 is 9.53 Å². The van der Waals surface area contributed by atoms with E-state index in [1.54, 1.807) is 6.08 Å². The predicted octanol–water partition coefficient (Wildman–Crippen LogP) is 3.10. The van der Waals surface area contributed by atoms with E-state index in [1.165, 1.54) is 18.4 Å². The molecule has 0 aromatic heterocycles. The van der Waals surface area contributed by atoms with Gasteiger partial charge >= 0.3 is 0 Å². The second-order valence-corrected chi connectivity index (χ2v) is 5.09. The molecular formula is C15H19NO2. The van der Waals surface area contributed by atoms with Crippen molar-refractivity contribution in [2.24, 2.45) is 10.4 Å². The van der Waals surface area contributed by atoms with Crippen molar-refractivity contribution in [2.45, 2.75) is 32.3 Å². The van der Waals surface area contributed by atoms with E-state index < -0.39 is 0 Å². The maximum absolute atomic E-state index is 10.3. The second kappa shape index (κ2) is 6.48. The molecule has 0 spiro atoms. The van der Waals surface area contributed by atoms with E-state index in [9.17, 15) is 4.79 Å². The van der Waals surface area contributed by atoms with Crippen LogP contribution in [-0.2, 0) is 16.1 Å². The minimum absolute atomic E-state index is 0.0756. The summed E-state index contributed by atoms with van der Waals surface area (Å²) in [5.74, 6) is 0. The summed E-state index contributed by atoms with van der Waals surface area (Å²) in [5, 5.41) is 0. The molecule has 18 heavy (non-hydrogen) atoms. The third-order valence-corrected chi connectivity index (χ3v) is 3.66. The van der Waals surface area contributed by atoms with Gasteiger partial charge in [0.05, 0.1) is 19.8 Å². The van der Waals surface area contributed by atoms with E-state index in [0.717, 1.165) is 12.8 Å². The number of aliphatic imine (C=N–C) groups is 1. The van der Waals surface area contributed by atoms with Gasteiger partial charge in [0.2, 0.25) is 6.08 Å². The topological polar surface area (TPSA) is 38.7 Å². The summed E-state index contributed by atoms with van der Waals surface area (Å²) in [4.78, 5) is 14.0. The number of carbonyl (C=O) groups excluding carboxylic acids is 1. The van der Waals surface area contributed by atoms with Crippen LogP contribution in [0.25, 0.3) is 0 Å². The lowest BCUT2D eigenvalue weighted by molar-refractivity contribution is 0.0408. The molecule has 1 fully saturated rings. The molecule has 0 heterocycles. The highest BCUT2D eigenvalue weighted by Crippen LogP contribution is 2.38. The van der Waals surface area contributed by atoms with Gasteiger partial charge in [-0.15, -0.1) is 0 Å². The monoisotopic (exact) mass is 245 g/mol. The fraction of sp³-hybridized carbons (Fsp3) is 0.533. The third kappa shape index (κ3) is 3.52. The smallest absolute Gasteiger partial charge is 0.234 e. The first-order valence-corrected chi connectivity index (χ1v) is 6.50. The molecule has 2 rings (SSSR count). The minimum Gasteiger partial charge on any atom is -0.376 e. The van der Waals surface area contributed by atoms with E-state index in [-0.39, 0.29) is 5.41 Å². The Bertz CT molecular complexity index is 404. The van der Waals surface area contributed by atoms with Gasteiger partial charge in [0.1, 0.15) is 0 Å². The number of hydrogen-bond acceptors (Lipinski definition) is 3. The van der Waals surface area contributed by atoms with Gasteiger partial charge in [-0.3, -0.25) is 0 Å². The summed E-state index contributed by atoms with van der Waals surface area (Å²) in [7, 11) is 0. The van der Waals surface area contributed by atoms with Crippen molar-refractivity contribution in [3.63, 3.8) is 0 Å². The molecule has 3 heteroatoms. The van der Waals surface area contributed by atoms with Crippen molar-refractivity contribution in [3.05, 3.63) is 35.9 Å². The van der Waals surface area contributed by atoms with Crippen molar-refractivity contribution in [1.82, 2.24) is 0 Å². The molecule has 1 aromatic carbocycles. The first kappa shape index (κ1) is 13.0. The summed E-state index contributed by atoms with van der Waals surface area (Å²) in [6, 6.07) is 10.2. The number of benzene rings is 1. The van der Waals surface area contributed by atoms with Crippen molar-refractivity contribution >= 4 is 6.08 Å². The molecule has 3 nitrogen and oxygen atoms in total. The predicted molar refractivity (Wildman–Crippen MR) is 70.0 cm³/mol. The quantitative estimate of drug-likeness (QED) is 0.570. The van der Waals surface area contributed by atoms with Gasteiger partial charge in [0.15, 0.2) is 0 Å². The lowest BCUT2D eigenvalue weighted by Crippen LogP contribution is -2.27. The first-order valence-electron chi connectivity index (χ1n) is 6.50. The zero-order chi connectivity index (χ0) is 12.7. The largest absolute Gasteiger partial charge is 0.376 e. The summed E-state index contributed by atoms with van der Waals surface area (Å²) in [6.07, 6.45) is 6.28. The highest BCUT2D eigenvalue weighted by atomic mass is 16.5. The van der Waals surface area contributed by atoms with Gasteiger partial charge in [-0.2, -0.15) is 0 Å². The molecule has 0 amide bonds. The fourth-order valence-electron chi connectivity index (χ4n) is 2.63. The van der Waals surface area contributed by atoms with Crippen LogP contribution in [0.4, 0.5) is 0 Å². The summed E-state index contributed by atoms with van der Waals surface area (Å²) < 4.78 is 5.81. The fourth-order valence-corrected chi connectivity index (χ4v) is 2.63. The number of rotatable bonds is 6. The van der Waals surface area contributed by atoms with Crippen LogP contribution in [0, 0.1) is 5.41 Å². The maximum atomic E-state index is 10.3. The molecule has 0 aliphatic heterocycles. The zero-order valence-electron chi connectivity index (χ0n) is 10.6. The van der Waals surface area contributed by atoms with Gasteiger partial charge in [0, 0.05) is 5.41 Å². The molecule has 96 valence electrons. The van der Waals surface area contributed by atoms with Crippen LogP contribution in [0.2, 0.25) is 0 Å². The SMILES string of the molecule is O=C=NCC1(COCc2ccccc2)CCCC1. The molecule has 0 atom stereocenters. The van der Waals surface area contributed by atoms with E-state index in [2.05, 4.69) is 17.1 Å². The molecule has 0 saturated heterocycles. The lowest BCUT2D eigenvalue weighted by Gasteiger charge is -2.26. The molecular weight excluding hydrogens is 226 g/mol. The highest BCUT2D eigenvalue weighted by Gasteiger charge is 2.34. The Balaban J connectivity index is 1.84. The summed E-state index contributed by atoms with van der Waals surface area (Å²) in [6.45, 7) is 1.88. The van der Waals surface area contributed by atoms with Gasteiger partial charge in [-0.25, -0.2) is 9.79 Å².